The highest BCUT2D eigenvalue weighted by molar-refractivity contribution is 5.17. The van der Waals surface area contributed by atoms with E-state index in [-0.39, 0.29) is 5.41 Å². The number of rotatable bonds is 6. The summed E-state index contributed by atoms with van der Waals surface area (Å²) in [7, 11) is 0. The highest BCUT2D eigenvalue weighted by Crippen LogP contribution is 2.46. The second-order valence-corrected chi connectivity index (χ2v) is 4.93. The van der Waals surface area contributed by atoms with Crippen LogP contribution >= 0.6 is 0 Å². The van der Waals surface area contributed by atoms with Gasteiger partial charge in [0.05, 0.1) is 5.41 Å². The molecule has 1 atom stereocenters. The van der Waals surface area contributed by atoms with Gasteiger partial charge in [0, 0.05) is 13.2 Å². The monoisotopic (exact) mass is 239 g/mol. The van der Waals surface area contributed by atoms with E-state index in [2.05, 4.69) is 17.1 Å². The maximum atomic E-state index is 5.75. The van der Waals surface area contributed by atoms with Crippen LogP contribution in [-0.4, -0.2) is 23.3 Å². The molecule has 2 N–H and O–H groups in total. The Bertz CT molecular complexity index is 387. The third-order valence-electron chi connectivity index (χ3n) is 3.73. The van der Waals surface area contributed by atoms with Gasteiger partial charge in [0.25, 0.3) is 0 Å². The van der Waals surface area contributed by atoms with E-state index in [1.165, 1.54) is 0 Å². The van der Waals surface area contributed by atoms with Crippen LogP contribution < -0.4 is 5.73 Å². The Morgan fingerprint density at radius 1 is 1.47 bits per heavy atom. The van der Waals surface area contributed by atoms with Gasteiger partial charge in [0.1, 0.15) is 5.60 Å². The van der Waals surface area contributed by atoms with Crippen LogP contribution in [0.5, 0.6) is 0 Å². The lowest BCUT2D eigenvalue weighted by atomic mass is 10.0. The molecule has 0 saturated heterocycles. The molecule has 1 aliphatic carbocycles. The van der Waals surface area contributed by atoms with Crippen LogP contribution in [0.25, 0.3) is 0 Å². The molecule has 1 aromatic heterocycles. The quantitative estimate of drug-likeness (QED) is 0.818. The van der Waals surface area contributed by atoms with E-state index >= 15 is 0 Å². The summed E-state index contributed by atoms with van der Waals surface area (Å²) in [5, 5.41) is 4.07. The molecule has 0 aliphatic heterocycles. The zero-order valence-electron chi connectivity index (χ0n) is 10.8. The molecule has 1 unspecified atom stereocenters. The third-order valence-corrected chi connectivity index (χ3v) is 3.73. The zero-order chi connectivity index (χ0) is 12.5. The van der Waals surface area contributed by atoms with Crippen molar-refractivity contribution in [3.8, 4) is 0 Å². The van der Waals surface area contributed by atoms with Gasteiger partial charge in [-0.3, -0.25) is 0 Å². The van der Waals surface area contributed by atoms with Crippen molar-refractivity contribution in [1.82, 2.24) is 10.1 Å². The average molecular weight is 239 g/mol. The molecule has 1 fully saturated rings. The van der Waals surface area contributed by atoms with Crippen molar-refractivity contribution in [2.75, 3.05) is 13.2 Å². The van der Waals surface area contributed by atoms with Crippen LogP contribution in [0.1, 0.15) is 51.7 Å². The molecule has 1 saturated carbocycles. The Morgan fingerprint density at radius 2 is 2.18 bits per heavy atom. The maximum Gasteiger partial charge on any atom is 0.234 e. The fourth-order valence-electron chi connectivity index (χ4n) is 1.95. The van der Waals surface area contributed by atoms with E-state index in [0.29, 0.717) is 24.9 Å². The molecule has 0 spiro atoms. The van der Waals surface area contributed by atoms with Crippen LogP contribution in [0.15, 0.2) is 4.52 Å². The summed E-state index contributed by atoms with van der Waals surface area (Å²) in [6.45, 7) is 7.23. The summed E-state index contributed by atoms with van der Waals surface area (Å²) in [6, 6.07) is 0. The largest absolute Gasteiger partial charge is 0.367 e. The van der Waals surface area contributed by atoms with E-state index in [1.54, 1.807) is 0 Å². The highest BCUT2D eigenvalue weighted by Gasteiger charge is 2.49. The Labute approximate surface area is 102 Å². The SMILES string of the molecule is CCOC(C)(CC)c1noc(C2(CN)CC2)n1. The molecule has 5 nitrogen and oxygen atoms in total. The fraction of sp³-hybridized carbons (Fsp3) is 0.833. The predicted octanol–water partition coefficient (Wildman–Crippen LogP) is 1.72. The van der Waals surface area contributed by atoms with Crippen molar-refractivity contribution in [2.24, 2.45) is 5.73 Å². The highest BCUT2D eigenvalue weighted by atomic mass is 16.5. The van der Waals surface area contributed by atoms with Crippen LogP contribution in [-0.2, 0) is 15.8 Å². The first-order chi connectivity index (χ1) is 8.10. The Morgan fingerprint density at radius 3 is 2.65 bits per heavy atom. The first-order valence-electron chi connectivity index (χ1n) is 6.29. The molecule has 1 heterocycles. The van der Waals surface area contributed by atoms with Gasteiger partial charge in [-0.05, 0) is 33.1 Å². The topological polar surface area (TPSA) is 74.2 Å². The minimum Gasteiger partial charge on any atom is -0.367 e. The van der Waals surface area contributed by atoms with Crippen LogP contribution in [0.4, 0.5) is 0 Å². The second kappa shape index (κ2) is 4.38. The molecule has 1 aliphatic rings. The molecule has 0 amide bonds. The molecule has 0 bridgehead atoms. The first kappa shape index (κ1) is 12.5. The Kier molecular flexibility index (Phi) is 3.23. The average Bonchev–Trinajstić information content (AvgIpc) is 2.98. The van der Waals surface area contributed by atoms with Crippen molar-refractivity contribution in [3.05, 3.63) is 11.7 Å². The number of nitrogens with two attached hydrogens (primary N) is 1. The maximum absolute atomic E-state index is 5.75. The molecular weight excluding hydrogens is 218 g/mol. The van der Waals surface area contributed by atoms with Crippen molar-refractivity contribution in [2.45, 2.75) is 51.0 Å². The van der Waals surface area contributed by atoms with Gasteiger partial charge in [0.2, 0.25) is 11.7 Å². The summed E-state index contributed by atoms with van der Waals surface area (Å²) < 4.78 is 11.1. The lowest BCUT2D eigenvalue weighted by molar-refractivity contribution is -0.0403. The first-order valence-corrected chi connectivity index (χ1v) is 6.29. The van der Waals surface area contributed by atoms with Crippen molar-refractivity contribution in [3.63, 3.8) is 0 Å². The van der Waals surface area contributed by atoms with Crippen LogP contribution in [0.2, 0.25) is 0 Å². The van der Waals surface area contributed by atoms with E-state index in [0.717, 1.165) is 19.3 Å². The summed E-state index contributed by atoms with van der Waals surface area (Å²) in [5.74, 6) is 1.31. The summed E-state index contributed by atoms with van der Waals surface area (Å²) >= 11 is 0. The lowest BCUT2D eigenvalue weighted by Crippen LogP contribution is -2.27. The summed E-state index contributed by atoms with van der Waals surface area (Å²) in [5.41, 5.74) is 5.24. The minimum absolute atomic E-state index is 0.0495. The van der Waals surface area contributed by atoms with E-state index in [9.17, 15) is 0 Å². The number of ether oxygens (including phenoxy) is 1. The molecular formula is C12H21N3O2. The molecule has 17 heavy (non-hydrogen) atoms. The summed E-state index contributed by atoms with van der Waals surface area (Å²) in [6.07, 6.45) is 2.90. The second-order valence-electron chi connectivity index (χ2n) is 4.93. The normalized spacial score (nSPS) is 21.2. The summed E-state index contributed by atoms with van der Waals surface area (Å²) in [4.78, 5) is 4.49. The minimum atomic E-state index is -0.457. The van der Waals surface area contributed by atoms with Crippen LogP contribution in [0.3, 0.4) is 0 Å². The third kappa shape index (κ3) is 2.09. The Hall–Kier alpha value is -0.940. The lowest BCUT2D eigenvalue weighted by Gasteiger charge is -2.23. The van der Waals surface area contributed by atoms with Gasteiger partial charge in [-0.15, -0.1) is 0 Å². The molecule has 2 rings (SSSR count). The molecule has 1 aromatic rings. The molecule has 5 heteroatoms. The van der Waals surface area contributed by atoms with Crippen molar-refractivity contribution in [1.29, 1.82) is 0 Å². The molecule has 96 valence electrons. The van der Waals surface area contributed by atoms with Crippen LogP contribution in [0, 0.1) is 0 Å². The van der Waals surface area contributed by atoms with Gasteiger partial charge >= 0.3 is 0 Å². The van der Waals surface area contributed by atoms with Crippen molar-refractivity contribution >= 4 is 0 Å². The van der Waals surface area contributed by atoms with Gasteiger partial charge in [-0.25, -0.2) is 0 Å². The van der Waals surface area contributed by atoms with Gasteiger partial charge < -0.3 is 15.0 Å². The number of aromatic nitrogens is 2. The number of nitrogens with zero attached hydrogens (tertiary/aromatic N) is 2. The van der Waals surface area contributed by atoms with E-state index in [4.69, 9.17) is 15.0 Å². The van der Waals surface area contributed by atoms with Gasteiger partial charge in [-0.2, -0.15) is 4.98 Å². The van der Waals surface area contributed by atoms with E-state index < -0.39 is 5.60 Å². The zero-order valence-corrected chi connectivity index (χ0v) is 10.8. The van der Waals surface area contributed by atoms with Gasteiger partial charge in [-0.1, -0.05) is 12.1 Å². The Balaban J connectivity index is 2.22. The number of hydrogen-bond acceptors (Lipinski definition) is 5. The smallest absolute Gasteiger partial charge is 0.234 e. The van der Waals surface area contributed by atoms with Gasteiger partial charge in [0.15, 0.2) is 0 Å². The fourth-order valence-corrected chi connectivity index (χ4v) is 1.95. The standard InChI is InChI=1S/C12H21N3O2/c1-4-11(3,16-5-2)9-14-10(17-15-9)12(8-13)6-7-12/h4-8,13H2,1-3H3. The van der Waals surface area contributed by atoms with Crippen molar-refractivity contribution < 1.29 is 9.26 Å². The number of hydrogen-bond donors (Lipinski definition) is 1. The predicted molar refractivity (Wildman–Crippen MR) is 63.5 cm³/mol. The van der Waals surface area contributed by atoms with E-state index in [1.807, 2.05) is 13.8 Å². The molecule has 0 radical (unpaired) electrons. The molecule has 0 aromatic carbocycles.